The smallest absolute Gasteiger partial charge is 0.257 e. The molecule has 1 aromatic carbocycles. The van der Waals surface area contributed by atoms with Crippen LogP contribution >= 0.6 is 0 Å². The molecule has 0 unspecified atom stereocenters. The summed E-state index contributed by atoms with van der Waals surface area (Å²) in [4.78, 5) is 30.5. The number of amides is 2. The minimum atomic E-state index is -0.404. The van der Waals surface area contributed by atoms with Crippen molar-refractivity contribution in [2.24, 2.45) is 5.73 Å². The van der Waals surface area contributed by atoms with Crippen molar-refractivity contribution in [3.63, 3.8) is 0 Å². The first-order valence-corrected chi connectivity index (χ1v) is 8.90. The third-order valence-corrected chi connectivity index (χ3v) is 4.56. The van der Waals surface area contributed by atoms with Crippen molar-refractivity contribution < 1.29 is 14.3 Å². The number of aromatic nitrogens is 2. The van der Waals surface area contributed by atoms with Gasteiger partial charge in [-0.25, -0.2) is 4.98 Å². The van der Waals surface area contributed by atoms with Crippen LogP contribution in [0.2, 0.25) is 0 Å². The highest BCUT2D eigenvalue weighted by Crippen LogP contribution is 2.28. The number of primary amides is 1. The van der Waals surface area contributed by atoms with Crippen LogP contribution < -0.4 is 10.5 Å². The molecule has 2 heterocycles. The monoisotopic (exact) mass is 356 g/mol. The maximum Gasteiger partial charge on any atom is 0.257 e. The second-order valence-corrected chi connectivity index (χ2v) is 6.40. The number of nitrogens with zero attached hydrogens (tertiary/aromatic N) is 3. The SMILES string of the molecule is CCOc1ccccc1C(=O)N1CCC[C@@H](c2nccn2CC(N)=O)C1. The fourth-order valence-corrected chi connectivity index (χ4v) is 3.45. The summed E-state index contributed by atoms with van der Waals surface area (Å²) in [6.45, 7) is 3.78. The van der Waals surface area contributed by atoms with Gasteiger partial charge in [0.1, 0.15) is 18.1 Å². The van der Waals surface area contributed by atoms with Crippen molar-refractivity contribution in [1.29, 1.82) is 0 Å². The molecule has 1 aliphatic rings. The number of ether oxygens (including phenoxy) is 1. The Labute approximate surface area is 152 Å². The van der Waals surface area contributed by atoms with Gasteiger partial charge in [0, 0.05) is 31.4 Å². The molecule has 3 rings (SSSR count). The summed E-state index contributed by atoms with van der Waals surface area (Å²) in [6, 6.07) is 7.32. The molecule has 2 amide bonds. The van der Waals surface area contributed by atoms with Gasteiger partial charge in [-0.05, 0) is 31.9 Å². The van der Waals surface area contributed by atoms with Gasteiger partial charge < -0.3 is 19.9 Å². The molecule has 1 aromatic heterocycles. The predicted molar refractivity (Wildman–Crippen MR) is 96.9 cm³/mol. The molecule has 0 bridgehead atoms. The lowest BCUT2D eigenvalue weighted by molar-refractivity contribution is -0.118. The van der Waals surface area contributed by atoms with E-state index in [9.17, 15) is 9.59 Å². The van der Waals surface area contributed by atoms with Gasteiger partial charge in [-0.1, -0.05) is 12.1 Å². The quantitative estimate of drug-likeness (QED) is 0.854. The van der Waals surface area contributed by atoms with E-state index in [0.29, 0.717) is 31.0 Å². The number of hydrogen-bond acceptors (Lipinski definition) is 4. The Hall–Kier alpha value is -2.83. The largest absolute Gasteiger partial charge is 0.493 e. The van der Waals surface area contributed by atoms with E-state index in [0.717, 1.165) is 18.7 Å². The van der Waals surface area contributed by atoms with Crippen LogP contribution in [0.15, 0.2) is 36.7 Å². The highest BCUT2D eigenvalue weighted by Gasteiger charge is 2.29. The number of para-hydroxylation sites is 1. The predicted octanol–water partition coefficient (Wildman–Crippen LogP) is 1.79. The minimum Gasteiger partial charge on any atom is -0.493 e. The zero-order valence-corrected chi connectivity index (χ0v) is 14.9. The average Bonchev–Trinajstić information content (AvgIpc) is 3.09. The number of benzene rings is 1. The van der Waals surface area contributed by atoms with E-state index in [4.69, 9.17) is 10.5 Å². The first-order chi connectivity index (χ1) is 12.6. The standard InChI is InChI=1S/C19H24N4O3/c1-2-26-16-8-4-3-7-15(16)19(25)23-10-5-6-14(12-23)18-21-9-11-22(18)13-17(20)24/h3-4,7-9,11,14H,2,5-6,10,12-13H2,1H3,(H2,20,24)/t14-/m1/s1. The molecule has 1 fully saturated rings. The number of carbonyl (C=O) groups excluding carboxylic acids is 2. The van der Waals surface area contributed by atoms with E-state index in [2.05, 4.69) is 4.98 Å². The highest BCUT2D eigenvalue weighted by molar-refractivity contribution is 5.97. The van der Waals surface area contributed by atoms with Crippen molar-refractivity contribution in [2.45, 2.75) is 32.2 Å². The molecule has 2 N–H and O–H groups in total. The fraction of sp³-hybridized carbons (Fsp3) is 0.421. The van der Waals surface area contributed by atoms with E-state index in [1.807, 2.05) is 30.0 Å². The summed E-state index contributed by atoms with van der Waals surface area (Å²) in [5.41, 5.74) is 5.89. The van der Waals surface area contributed by atoms with E-state index in [1.54, 1.807) is 23.0 Å². The molecule has 2 aromatic rings. The Morgan fingerprint density at radius 3 is 2.92 bits per heavy atom. The molecule has 138 valence electrons. The molecular weight excluding hydrogens is 332 g/mol. The van der Waals surface area contributed by atoms with Crippen LogP contribution in [0.1, 0.15) is 41.9 Å². The topological polar surface area (TPSA) is 90.4 Å². The van der Waals surface area contributed by atoms with Gasteiger partial charge in [0.15, 0.2) is 0 Å². The van der Waals surface area contributed by atoms with Gasteiger partial charge in [0.05, 0.1) is 12.2 Å². The molecule has 0 aliphatic carbocycles. The minimum absolute atomic E-state index is 0.0354. The van der Waals surface area contributed by atoms with Crippen LogP contribution in [-0.2, 0) is 11.3 Å². The lowest BCUT2D eigenvalue weighted by atomic mass is 9.96. The van der Waals surface area contributed by atoms with Crippen LogP contribution in [0.5, 0.6) is 5.75 Å². The van der Waals surface area contributed by atoms with E-state index >= 15 is 0 Å². The molecule has 1 atom stereocenters. The molecule has 0 spiro atoms. The van der Waals surface area contributed by atoms with Crippen molar-refractivity contribution in [3.05, 3.63) is 48.0 Å². The number of hydrogen-bond donors (Lipinski definition) is 1. The Morgan fingerprint density at radius 1 is 1.35 bits per heavy atom. The summed E-state index contributed by atoms with van der Waals surface area (Å²) < 4.78 is 7.37. The van der Waals surface area contributed by atoms with Crippen molar-refractivity contribution in [2.75, 3.05) is 19.7 Å². The van der Waals surface area contributed by atoms with Crippen molar-refractivity contribution in [3.8, 4) is 5.75 Å². The van der Waals surface area contributed by atoms with E-state index in [1.165, 1.54) is 0 Å². The molecule has 26 heavy (non-hydrogen) atoms. The first kappa shape index (κ1) is 18.0. The number of rotatable bonds is 6. The Morgan fingerprint density at radius 2 is 2.15 bits per heavy atom. The zero-order valence-electron chi connectivity index (χ0n) is 14.9. The number of nitrogens with two attached hydrogens (primary N) is 1. The van der Waals surface area contributed by atoms with Gasteiger partial charge in [-0.2, -0.15) is 0 Å². The number of imidazole rings is 1. The Bertz CT molecular complexity index is 787. The van der Waals surface area contributed by atoms with Gasteiger partial charge >= 0.3 is 0 Å². The molecule has 0 radical (unpaired) electrons. The Balaban J connectivity index is 1.78. The van der Waals surface area contributed by atoms with Crippen molar-refractivity contribution in [1.82, 2.24) is 14.5 Å². The third kappa shape index (κ3) is 3.87. The molecule has 0 saturated carbocycles. The Kier molecular flexibility index (Phi) is 5.55. The van der Waals surface area contributed by atoms with Gasteiger partial charge in [0.2, 0.25) is 5.91 Å². The van der Waals surface area contributed by atoms with Crippen LogP contribution in [0.4, 0.5) is 0 Å². The molecule has 7 heteroatoms. The summed E-state index contributed by atoms with van der Waals surface area (Å²) in [5, 5.41) is 0. The molecule has 1 aliphatic heterocycles. The van der Waals surface area contributed by atoms with Gasteiger partial charge in [0.25, 0.3) is 5.91 Å². The van der Waals surface area contributed by atoms with E-state index < -0.39 is 5.91 Å². The molecule has 1 saturated heterocycles. The maximum absolute atomic E-state index is 13.0. The summed E-state index contributed by atoms with van der Waals surface area (Å²) in [5.74, 6) is 1.06. The van der Waals surface area contributed by atoms with Crippen LogP contribution in [0.3, 0.4) is 0 Å². The summed E-state index contributed by atoms with van der Waals surface area (Å²) in [7, 11) is 0. The maximum atomic E-state index is 13.0. The zero-order chi connectivity index (χ0) is 18.5. The second kappa shape index (κ2) is 8.03. The molecule has 7 nitrogen and oxygen atoms in total. The molecular formula is C19H24N4O3. The fourth-order valence-electron chi connectivity index (χ4n) is 3.45. The van der Waals surface area contributed by atoms with Gasteiger partial charge in [-0.15, -0.1) is 0 Å². The average molecular weight is 356 g/mol. The van der Waals surface area contributed by atoms with Crippen LogP contribution in [0, 0.1) is 0 Å². The first-order valence-electron chi connectivity index (χ1n) is 8.90. The number of carbonyl (C=O) groups is 2. The second-order valence-electron chi connectivity index (χ2n) is 6.40. The van der Waals surface area contributed by atoms with Crippen LogP contribution in [-0.4, -0.2) is 46.0 Å². The third-order valence-electron chi connectivity index (χ3n) is 4.56. The number of likely N-dealkylation sites (tertiary alicyclic amines) is 1. The van der Waals surface area contributed by atoms with Gasteiger partial charge in [-0.3, -0.25) is 9.59 Å². The number of piperidine rings is 1. The van der Waals surface area contributed by atoms with Crippen LogP contribution in [0.25, 0.3) is 0 Å². The highest BCUT2D eigenvalue weighted by atomic mass is 16.5. The normalized spacial score (nSPS) is 17.1. The lowest BCUT2D eigenvalue weighted by Crippen LogP contribution is -2.40. The lowest BCUT2D eigenvalue weighted by Gasteiger charge is -2.33. The summed E-state index contributed by atoms with van der Waals surface area (Å²) in [6.07, 6.45) is 5.23. The van der Waals surface area contributed by atoms with E-state index in [-0.39, 0.29) is 18.4 Å². The summed E-state index contributed by atoms with van der Waals surface area (Å²) >= 11 is 0. The van der Waals surface area contributed by atoms with Crippen molar-refractivity contribution >= 4 is 11.8 Å².